The topological polar surface area (TPSA) is 49.3 Å². The van der Waals surface area contributed by atoms with Gasteiger partial charge in [-0.25, -0.2) is 4.39 Å². The van der Waals surface area contributed by atoms with Gasteiger partial charge < -0.3 is 10.4 Å². The lowest BCUT2D eigenvalue weighted by atomic mass is 10.1. The van der Waals surface area contributed by atoms with Gasteiger partial charge >= 0.3 is 0 Å². The van der Waals surface area contributed by atoms with Crippen molar-refractivity contribution >= 4 is 5.91 Å². The largest absolute Gasteiger partial charge is 0.389 e. The highest BCUT2D eigenvalue weighted by Crippen LogP contribution is 2.48. The SMILES string of the molecule is CC(C)(O)CNC(=O)C1(C)CC1F. The van der Waals surface area contributed by atoms with Crippen molar-refractivity contribution in [1.29, 1.82) is 0 Å². The van der Waals surface area contributed by atoms with Gasteiger partial charge in [-0.05, 0) is 27.2 Å². The standard InChI is InChI=1S/C9H16FNO2/c1-8(2,13)5-11-7(12)9(3)4-6(9)10/h6,13H,4-5H2,1-3H3,(H,11,12). The normalized spacial score (nSPS) is 32.8. The maximum Gasteiger partial charge on any atom is 0.229 e. The quantitative estimate of drug-likeness (QED) is 0.683. The van der Waals surface area contributed by atoms with E-state index in [1.165, 1.54) is 0 Å². The molecule has 76 valence electrons. The van der Waals surface area contributed by atoms with E-state index in [1.54, 1.807) is 20.8 Å². The van der Waals surface area contributed by atoms with E-state index >= 15 is 0 Å². The second-order valence-electron chi connectivity index (χ2n) is 4.58. The number of hydrogen-bond donors (Lipinski definition) is 2. The van der Waals surface area contributed by atoms with Crippen molar-refractivity contribution in [3.63, 3.8) is 0 Å². The van der Waals surface area contributed by atoms with Gasteiger partial charge in [-0.2, -0.15) is 0 Å². The Hall–Kier alpha value is -0.640. The molecule has 1 aliphatic rings. The summed E-state index contributed by atoms with van der Waals surface area (Å²) in [5, 5.41) is 11.8. The summed E-state index contributed by atoms with van der Waals surface area (Å²) >= 11 is 0. The van der Waals surface area contributed by atoms with Crippen molar-refractivity contribution in [3.05, 3.63) is 0 Å². The molecule has 13 heavy (non-hydrogen) atoms. The van der Waals surface area contributed by atoms with Crippen LogP contribution >= 0.6 is 0 Å². The van der Waals surface area contributed by atoms with Crippen molar-refractivity contribution in [2.45, 2.75) is 39.0 Å². The lowest BCUT2D eigenvalue weighted by Crippen LogP contribution is -2.41. The van der Waals surface area contributed by atoms with Crippen LogP contribution in [0, 0.1) is 5.41 Å². The summed E-state index contributed by atoms with van der Waals surface area (Å²) in [5.41, 5.74) is -1.78. The maximum absolute atomic E-state index is 12.7. The fourth-order valence-corrected chi connectivity index (χ4v) is 1.05. The van der Waals surface area contributed by atoms with E-state index in [9.17, 15) is 14.3 Å². The molecule has 2 atom stereocenters. The smallest absolute Gasteiger partial charge is 0.229 e. The van der Waals surface area contributed by atoms with Gasteiger partial charge in [0.05, 0.1) is 11.0 Å². The number of alkyl halides is 1. The highest BCUT2D eigenvalue weighted by molar-refractivity contribution is 5.86. The molecular weight excluding hydrogens is 173 g/mol. The number of hydrogen-bond acceptors (Lipinski definition) is 2. The van der Waals surface area contributed by atoms with E-state index in [1.807, 2.05) is 0 Å². The summed E-state index contributed by atoms with van der Waals surface area (Å²) in [4.78, 5) is 11.3. The van der Waals surface area contributed by atoms with Gasteiger partial charge in [0.15, 0.2) is 0 Å². The van der Waals surface area contributed by atoms with Gasteiger partial charge in [0.25, 0.3) is 0 Å². The highest BCUT2D eigenvalue weighted by Gasteiger charge is 2.57. The Balaban J connectivity index is 2.36. The number of halogens is 1. The van der Waals surface area contributed by atoms with Crippen molar-refractivity contribution in [3.8, 4) is 0 Å². The van der Waals surface area contributed by atoms with Gasteiger partial charge in [0.1, 0.15) is 6.17 Å². The molecule has 0 heterocycles. The van der Waals surface area contributed by atoms with Crippen LogP contribution in [0.15, 0.2) is 0 Å². The van der Waals surface area contributed by atoms with Crippen LogP contribution in [-0.4, -0.2) is 29.3 Å². The molecule has 1 rings (SSSR count). The number of rotatable bonds is 3. The molecule has 1 saturated carbocycles. The second-order valence-corrected chi connectivity index (χ2v) is 4.58. The van der Waals surface area contributed by atoms with Crippen molar-refractivity contribution in [1.82, 2.24) is 5.32 Å². The molecule has 0 bridgehead atoms. The Morgan fingerprint density at radius 1 is 1.77 bits per heavy atom. The van der Waals surface area contributed by atoms with Gasteiger partial charge in [-0.1, -0.05) is 0 Å². The third-order valence-corrected chi connectivity index (χ3v) is 2.33. The number of amides is 1. The minimum Gasteiger partial charge on any atom is -0.389 e. The average Bonchev–Trinajstić information content (AvgIpc) is 2.55. The summed E-state index contributed by atoms with van der Waals surface area (Å²) in [5.74, 6) is -0.304. The average molecular weight is 189 g/mol. The van der Waals surface area contributed by atoms with E-state index < -0.39 is 17.2 Å². The lowest BCUT2D eigenvalue weighted by molar-refractivity contribution is -0.127. The Labute approximate surface area is 77.3 Å². The highest BCUT2D eigenvalue weighted by atomic mass is 19.1. The molecular formula is C9H16FNO2. The number of carbonyl (C=O) groups excluding carboxylic acids is 1. The number of nitrogens with one attached hydrogen (secondary N) is 1. The third-order valence-electron chi connectivity index (χ3n) is 2.33. The van der Waals surface area contributed by atoms with E-state index in [0.717, 1.165) is 0 Å². The summed E-state index contributed by atoms with van der Waals surface area (Å²) in [6.07, 6.45) is -0.723. The molecule has 2 unspecified atom stereocenters. The first-order chi connectivity index (χ1) is 5.76. The van der Waals surface area contributed by atoms with Crippen LogP contribution in [0.3, 0.4) is 0 Å². The lowest BCUT2D eigenvalue weighted by Gasteiger charge is -2.19. The van der Waals surface area contributed by atoms with E-state index in [-0.39, 0.29) is 12.5 Å². The maximum atomic E-state index is 12.7. The van der Waals surface area contributed by atoms with Crippen LogP contribution < -0.4 is 5.32 Å². The van der Waals surface area contributed by atoms with Crippen LogP contribution in [0.5, 0.6) is 0 Å². The van der Waals surface area contributed by atoms with Gasteiger partial charge in [-0.3, -0.25) is 4.79 Å². The van der Waals surface area contributed by atoms with Crippen LogP contribution in [-0.2, 0) is 4.79 Å². The Bertz CT molecular complexity index is 224. The van der Waals surface area contributed by atoms with Crippen LogP contribution in [0.4, 0.5) is 4.39 Å². The predicted molar refractivity (Wildman–Crippen MR) is 46.9 cm³/mol. The predicted octanol–water partition coefficient (Wildman–Crippen LogP) is 0.622. The molecule has 1 fully saturated rings. The number of carbonyl (C=O) groups is 1. The monoisotopic (exact) mass is 189 g/mol. The zero-order valence-corrected chi connectivity index (χ0v) is 8.22. The molecule has 0 aromatic heterocycles. The van der Waals surface area contributed by atoms with E-state index in [4.69, 9.17) is 0 Å². The minimum absolute atomic E-state index is 0.161. The molecule has 0 aromatic rings. The molecule has 0 spiro atoms. The molecule has 0 aromatic carbocycles. The first-order valence-electron chi connectivity index (χ1n) is 4.40. The Morgan fingerprint density at radius 3 is 2.54 bits per heavy atom. The molecule has 3 nitrogen and oxygen atoms in total. The first-order valence-corrected chi connectivity index (χ1v) is 4.40. The fourth-order valence-electron chi connectivity index (χ4n) is 1.05. The van der Waals surface area contributed by atoms with Crippen molar-refractivity contribution in [2.24, 2.45) is 5.41 Å². The van der Waals surface area contributed by atoms with E-state index in [2.05, 4.69) is 5.32 Å². The Kier molecular flexibility index (Phi) is 2.36. The fraction of sp³-hybridized carbons (Fsp3) is 0.889. The van der Waals surface area contributed by atoms with Crippen molar-refractivity contribution in [2.75, 3.05) is 6.54 Å². The van der Waals surface area contributed by atoms with Gasteiger partial charge in [0.2, 0.25) is 5.91 Å². The summed E-state index contributed by atoms with van der Waals surface area (Å²) in [6, 6.07) is 0. The molecule has 0 radical (unpaired) electrons. The summed E-state index contributed by atoms with van der Waals surface area (Å²) in [7, 11) is 0. The second kappa shape index (κ2) is 2.94. The molecule has 2 N–H and O–H groups in total. The van der Waals surface area contributed by atoms with Crippen LogP contribution in [0.25, 0.3) is 0 Å². The molecule has 1 aliphatic carbocycles. The third kappa shape index (κ3) is 2.40. The van der Waals surface area contributed by atoms with E-state index in [0.29, 0.717) is 6.42 Å². The molecule has 4 heteroatoms. The minimum atomic E-state index is -1.02. The Morgan fingerprint density at radius 2 is 2.23 bits per heavy atom. The molecule has 0 saturated heterocycles. The molecule has 1 amide bonds. The zero-order chi connectivity index (χ0) is 10.3. The van der Waals surface area contributed by atoms with Crippen LogP contribution in [0.2, 0.25) is 0 Å². The van der Waals surface area contributed by atoms with Crippen molar-refractivity contribution < 1.29 is 14.3 Å². The zero-order valence-electron chi connectivity index (χ0n) is 8.22. The number of aliphatic hydroxyl groups is 1. The molecule has 0 aliphatic heterocycles. The van der Waals surface area contributed by atoms with Gasteiger partial charge in [0, 0.05) is 6.54 Å². The summed E-state index contributed by atoms with van der Waals surface area (Å²) in [6.45, 7) is 4.94. The summed E-state index contributed by atoms with van der Waals surface area (Å²) < 4.78 is 12.7. The first kappa shape index (κ1) is 10.4. The van der Waals surface area contributed by atoms with Crippen LogP contribution in [0.1, 0.15) is 27.2 Å². The van der Waals surface area contributed by atoms with Gasteiger partial charge in [-0.15, -0.1) is 0 Å².